The third-order valence-corrected chi connectivity index (χ3v) is 2.62. The average molecular weight is 237 g/mol. The summed E-state index contributed by atoms with van der Waals surface area (Å²) in [7, 11) is 0. The molecule has 0 aliphatic rings. The van der Waals surface area contributed by atoms with E-state index in [4.69, 9.17) is 5.26 Å². The Kier molecular flexibility index (Phi) is 2.17. The zero-order valence-corrected chi connectivity index (χ0v) is 9.14. The second kappa shape index (κ2) is 3.82. The fourth-order valence-corrected chi connectivity index (χ4v) is 1.79. The summed E-state index contributed by atoms with van der Waals surface area (Å²) in [6.07, 6.45) is 1.60. The van der Waals surface area contributed by atoms with Gasteiger partial charge in [-0.05, 0) is 12.1 Å². The predicted octanol–water partition coefficient (Wildman–Crippen LogP) is 1.18. The lowest BCUT2D eigenvalue weighted by molar-refractivity contribution is 0.990. The molecule has 0 bridgehead atoms. The summed E-state index contributed by atoms with van der Waals surface area (Å²) in [5.74, 6) is 0. The lowest BCUT2D eigenvalue weighted by atomic mass is 10.1. The van der Waals surface area contributed by atoms with Crippen LogP contribution in [0.3, 0.4) is 0 Å². The molecule has 86 valence electrons. The van der Waals surface area contributed by atoms with Gasteiger partial charge in [0.15, 0.2) is 0 Å². The zero-order chi connectivity index (χ0) is 12.5. The van der Waals surface area contributed by atoms with Gasteiger partial charge in [0.2, 0.25) is 0 Å². The number of nitriles is 1. The minimum absolute atomic E-state index is 0.248. The highest BCUT2D eigenvalue weighted by Crippen LogP contribution is 2.22. The number of rotatable bonds is 1. The average Bonchev–Trinajstić information content (AvgIpc) is 2.85. The van der Waals surface area contributed by atoms with Crippen LogP contribution in [0.4, 0.5) is 0 Å². The maximum atomic E-state index is 11.1. The minimum atomic E-state index is -0.391. The lowest BCUT2D eigenvalue weighted by Crippen LogP contribution is -2.08. The molecule has 0 aliphatic carbocycles. The Morgan fingerprint density at radius 1 is 1.28 bits per heavy atom. The summed E-state index contributed by atoms with van der Waals surface area (Å²) < 4.78 is 0. The van der Waals surface area contributed by atoms with E-state index in [1.54, 1.807) is 6.33 Å². The number of imidazole rings is 1. The third-order valence-electron chi connectivity index (χ3n) is 2.62. The highest BCUT2D eigenvalue weighted by Gasteiger charge is 2.09. The van der Waals surface area contributed by atoms with Crippen LogP contribution in [0.5, 0.6) is 0 Å². The quantitative estimate of drug-likeness (QED) is 0.664. The van der Waals surface area contributed by atoms with Gasteiger partial charge in [-0.1, -0.05) is 6.07 Å². The second-order valence-corrected chi connectivity index (χ2v) is 3.74. The maximum Gasteiger partial charge on any atom is 0.265 e. The smallest absolute Gasteiger partial charge is 0.265 e. The van der Waals surface area contributed by atoms with Gasteiger partial charge < -0.3 is 4.98 Å². The van der Waals surface area contributed by atoms with Crippen LogP contribution in [0.15, 0.2) is 35.4 Å². The SMILES string of the molecule is N#Cc1cc(=O)[nH]nc1-c1ccc2nc[nH]c2c1. The first kappa shape index (κ1) is 10.2. The van der Waals surface area contributed by atoms with Crippen molar-refractivity contribution in [2.75, 3.05) is 0 Å². The fraction of sp³-hybridized carbons (Fsp3) is 0. The minimum Gasteiger partial charge on any atom is -0.345 e. The molecule has 2 aromatic heterocycles. The number of nitrogens with zero attached hydrogens (tertiary/aromatic N) is 3. The van der Waals surface area contributed by atoms with E-state index < -0.39 is 5.56 Å². The molecule has 0 saturated heterocycles. The van der Waals surface area contributed by atoms with E-state index in [0.29, 0.717) is 5.69 Å². The molecule has 0 fully saturated rings. The first-order chi connectivity index (χ1) is 8.78. The molecule has 0 aliphatic heterocycles. The van der Waals surface area contributed by atoms with Gasteiger partial charge in [0.1, 0.15) is 11.8 Å². The molecule has 2 N–H and O–H groups in total. The lowest BCUT2D eigenvalue weighted by Gasteiger charge is -2.01. The van der Waals surface area contributed by atoms with Gasteiger partial charge in [-0.15, -0.1) is 0 Å². The second-order valence-electron chi connectivity index (χ2n) is 3.74. The van der Waals surface area contributed by atoms with Gasteiger partial charge in [-0.25, -0.2) is 10.1 Å². The summed E-state index contributed by atoms with van der Waals surface area (Å²) >= 11 is 0. The Hall–Kier alpha value is -2.94. The van der Waals surface area contributed by atoms with Crippen molar-refractivity contribution in [1.82, 2.24) is 20.2 Å². The van der Waals surface area contributed by atoms with Crippen molar-refractivity contribution in [2.24, 2.45) is 0 Å². The van der Waals surface area contributed by atoms with Crippen LogP contribution in [-0.4, -0.2) is 20.2 Å². The molecule has 3 aromatic rings. The predicted molar refractivity (Wildman–Crippen MR) is 64.7 cm³/mol. The van der Waals surface area contributed by atoms with Gasteiger partial charge in [-0.2, -0.15) is 10.4 Å². The number of aromatic amines is 2. The first-order valence-corrected chi connectivity index (χ1v) is 5.21. The van der Waals surface area contributed by atoms with E-state index in [0.717, 1.165) is 16.6 Å². The molecule has 0 spiro atoms. The van der Waals surface area contributed by atoms with Crippen molar-refractivity contribution in [3.8, 4) is 17.3 Å². The Morgan fingerprint density at radius 3 is 3.00 bits per heavy atom. The topological polar surface area (TPSA) is 98.2 Å². The Labute approximate surface area is 101 Å². The van der Waals surface area contributed by atoms with Crippen molar-refractivity contribution < 1.29 is 0 Å². The van der Waals surface area contributed by atoms with Crippen LogP contribution < -0.4 is 5.56 Å². The van der Waals surface area contributed by atoms with E-state index >= 15 is 0 Å². The van der Waals surface area contributed by atoms with Crippen molar-refractivity contribution in [3.63, 3.8) is 0 Å². The standard InChI is InChI=1S/C12H7N5O/c13-5-8-4-11(18)16-17-12(8)7-1-2-9-10(3-7)15-6-14-9/h1-4,6H,(H,14,15)(H,16,18). The molecule has 6 nitrogen and oxygen atoms in total. The van der Waals surface area contributed by atoms with Gasteiger partial charge in [0, 0.05) is 11.6 Å². The summed E-state index contributed by atoms with van der Waals surface area (Å²) in [6, 6.07) is 8.68. The number of aromatic nitrogens is 4. The molecule has 0 radical (unpaired) electrons. The van der Waals surface area contributed by atoms with Gasteiger partial charge in [0.25, 0.3) is 5.56 Å². The molecule has 3 rings (SSSR count). The molecular formula is C12H7N5O. The van der Waals surface area contributed by atoms with Crippen LogP contribution >= 0.6 is 0 Å². The van der Waals surface area contributed by atoms with Gasteiger partial charge in [0.05, 0.1) is 22.9 Å². The molecule has 1 aromatic carbocycles. The summed E-state index contributed by atoms with van der Waals surface area (Å²) in [6.45, 7) is 0. The van der Waals surface area contributed by atoms with E-state index in [-0.39, 0.29) is 5.56 Å². The molecule has 0 saturated carbocycles. The molecule has 0 atom stereocenters. The van der Waals surface area contributed by atoms with Crippen molar-refractivity contribution >= 4 is 11.0 Å². The van der Waals surface area contributed by atoms with Crippen LogP contribution in [0.1, 0.15) is 5.56 Å². The Bertz CT molecular complexity index is 824. The number of benzene rings is 1. The van der Waals surface area contributed by atoms with Crippen molar-refractivity contribution in [3.05, 3.63) is 46.5 Å². The van der Waals surface area contributed by atoms with Crippen LogP contribution in [0, 0.1) is 11.3 Å². The van der Waals surface area contributed by atoms with E-state index in [9.17, 15) is 4.79 Å². The van der Waals surface area contributed by atoms with Crippen LogP contribution in [0.2, 0.25) is 0 Å². The van der Waals surface area contributed by atoms with Crippen molar-refractivity contribution in [2.45, 2.75) is 0 Å². The highest BCUT2D eigenvalue weighted by atomic mass is 16.1. The number of H-pyrrole nitrogens is 2. The monoisotopic (exact) mass is 237 g/mol. The van der Waals surface area contributed by atoms with Crippen molar-refractivity contribution in [1.29, 1.82) is 5.26 Å². The molecule has 6 heteroatoms. The van der Waals surface area contributed by atoms with E-state index in [2.05, 4.69) is 20.2 Å². The first-order valence-electron chi connectivity index (χ1n) is 5.21. The molecular weight excluding hydrogens is 230 g/mol. The summed E-state index contributed by atoms with van der Waals surface area (Å²) in [5, 5.41) is 15.3. The fourth-order valence-electron chi connectivity index (χ4n) is 1.79. The normalized spacial score (nSPS) is 10.4. The number of hydrogen-bond acceptors (Lipinski definition) is 4. The van der Waals surface area contributed by atoms with E-state index in [1.165, 1.54) is 6.07 Å². The van der Waals surface area contributed by atoms with Gasteiger partial charge in [-0.3, -0.25) is 4.79 Å². The summed E-state index contributed by atoms with van der Waals surface area (Å²) in [4.78, 5) is 18.2. The number of nitrogens with one attached hydrogen (secondary N) is 2. The van der Waals surface area contributed by atoms with Gasteiger partial charge >= 0.3 is 0 Å². The third kappa shape index (κ3) is 1.55. The molecule has 0 unspecified atom stereocenters. The Morgan fingerprint density at radius 2 is 2.17 bits per heavy atom. The maximum absolute atomic E-state index is 11.1. The molecule has 2 heterocycles. The molecule has 18 heavy (non-hydrogen) atoms. The highest BCUT2D eigenvalue weighted by molar-refractivity contribution is 5.81. The van der Waals surface area contributed by atoms with Crippen LogP contribution in [-0.2, 0) is 0 Å². The molecule has 0 amide bonds. The van der Waals surface area contributed by atoms with E-state index in [1.807, 2.05) is 24.3 Å². The zero-order valence-electron chi connectivity index (χ0n) is 9.14. The number of fused-ring (bicyclic) bond motifs is 1. The number of hydrogen-bond donors (Lipinski definition) is 2. The largest absolute Gasteiger partial charge is 0.345 e. The van der Waals surface area contributed by atoms with Crippen LogP contribution in [0.25, 0.3) is 22.3 Å². The summed E-state index contributed by atoms with van der Waals surface area (Å²) in [5.41, 5.74) is 2.75. The Balaban J connectivity index is 2.25.